The number of nitrogens with zero attached hydrogens (tertiary/aromatic N) is 2. The van der Waals surface area contributed by atoms with Crippen molar-refractivity contribution in [3.63, 3.8) is 0 Å². The summed E-state index contributed by atoms with van der Waals surface area (Å²) in [6.07, 6.45) is 1.51. The molecule has 3 aromatic heterocycles. The number of nitrogens with one attached hydrogen (secondary N) is 1. The Kier molecular flexibility index (Phi) is 4.87. The zero-order chi connectivity index (χ0) is 19.0. The van der Waals surface area contributed by atoms with E-state index in [9.17, 15) is 8.42 Å². The Morgan fingerprint density at radius 2 is 1.85 bits per heavy atom. The van der Waals surface area contributed by atoms with E-state index in [0.717, 1.165) is 36.9 Å². The van der Waals surface area contributed by atoms with E-state index >= 15 is 0 Å². The molecular formula is C17H13ClN4O2S3. The monoisotopic (exact) mass is 436 g/mol. The average Bonchev–Trinajstić information content (AvgIpc) is 3.27. The highest BCUT2D eigenvalue weighted by atomic mass is 35.5. The second kappa shape index (κ2) is 7.17. The third kappa shape index (κ3) is 3.97. The van der Waals surface area contributed by atoms with Gasteiger partial charge in [-0.1, -0.05) is 23.7 Å². The maximum atomic E-state index is 11.4. The largest absolute Gasteiger partial charge is 0.364 e. The minimum atomic E-state index is -3.67. The SMILES string of the molecule is NS(=O)(=O)c1ccc(CNc2ncnc3cc(-c4ccc(Cl)cc4)sc23)s1. The molecule has 0 aliphatic rings. The third-order valence-corrected chi connectivity index (χ3v) is 7.74. The van der Waals surface area contributed by atoms with Crippen LogP contribution in [0.1, 0.15) is 4.88 Å². The predicted molar refractivity (Wildman–Crippen MR) is 111 cm³/mol. The molecule has 4 aromatic rings. The van der Waals surface area contributed by atoms with Crippen molar-refractivity contribution in [2.24, 2.45) is 5.14 Å². The molecule has 1 aromatic carbocycles. The van der Waals surface area contributed by atoms with Gasteiger partial charge >= 0.3 is 0 Å². The molecule has 3 N–H and O–H groups in total. The number of hydrogen-bond donors (Lipinski definition) is 2. The Morgan fingerprint density at radius 3 is 2.56 bits per heavy atom. The van der Waals surface area contributed by atoms with Crippen molar-refractivity contribution in [3.05, 3.63) is 58.7 Å². The third-order valence-electron chi connectivity index (χ3n) is 3.79. The lowest BCUT2D eigenvalue weighted by Crippen LogP contribution is -2.09. The molecule has 0 unspecified atom stereocenters. The number of primary sulfonamides is 1. The van der Waals surface area contributed by atoms with Crippen LogP contribution in [0.15, 0.2) is 53.0 Å². The molecular weight excluding hydrogens is 424 g/mol. The minimum Gasteiger partial charge on any atom is -0.364 e. The lowest BCUT2D eigenvalue weighted by molar-refractivity contribution is 0.600. The molecule has 0 atom stereocenters. The smallest absolute Gasteiger partial charge is 0.247 e. The number of hydrogen-bond acceptors (Lipinski definition) is 7. The zero-order valence-corrected chi connectivity index (χ0v) is 16.9. The molecule has 0 spiro atoms. The first-order valence-corrected chi connectivity index (χ1v) is 11.3. The van der Waals surface area contributed by atoms with Crippen LogP contribution in [0.3, 0.4) is 0 Å². The van der Waals surface area contributed by atoms with Crippen molar-refractivity contribution in [1.82, 2.24) is 9.97 Å². The fraction of sp³-hybridized carbons (Fsp3) is 0.0588. The standard InChI is InChI=1S/C17H13ClN4O2S3/c18-11-3-1-10(2-4-11)14-7-13-16(26-14)17(22-9-21-13)20-8-12-5-6-15(25-12)27(19,23)24/h1-7,9H,8H2,(H2,19,23,24)(H,20,21,22). The fourth-order valence-corrected chi connectivity index (χ4v) is 5.44. The summed E-state index contributed by atoms with van der Waals surface area (Å²) in [5.74, 6) is 0.704. The van der Waals surface area contributed by atoms with Gasteiger partial charge in [0.25, 0.3) is 0 Å². The second-order valence-electron chi connectivity index (χ2n) is 5.67. The van der Waals surface area contributed by atoms with Crippen molar-refractivity contribution >= 4 is 60.3 Å². The zero-order valence-electron chi connectivity index (χ0n) is 13.7. The van der Waals surface area contributed by atoms with Crippen LogP contribution in [-0.4, -0.2) is 18.4 Å². The number of benzene rings is 1. The Morgan fingerprint density at radius 1 is 1.07 bits per heavy atom. The molecule has 0 saturated carbocycles. The molecule has 6 nitrogen and oxygen atoms in total. The molecule has 0 bridgehead atoms. The van der Waals surface area contributed by atoms with Gasteiger partial charge in [-0.15, -0.1) is 22.7 Å². The number of nitrogens with two attached hydrogens (primary N) is 1. The molecule has 0 fully saturated rings. The number of halogens is 1. The van der Waals surface area contributed by atoms with E-state index in [1.807, 2.05) is 30.3 Å². The molecule has 0 radical (unpaired) electrons. The Balaban J connectivity index is 1.60. The molecule has 0 amide bonds. The maximum Gasteiger partial charge on any atom is 0.247 e. The Bertz CT molecular complexity index is 1220. The van der Waals surface area contributed by atoms with Crippen LogP contribution in [-0.2, 0) is 16.6 Å². The van der Waals surface area contributed by atoms with E-state index in [1.165, 1.54) is 12.4 Å². The number of fused-ring (bicyclic) bond motifs is 1. The number of rotatable bonds is 5. The van der Waals surface area contributed by atoms with Gasteiger partial charge < -0.3 is 5.32 Å². The summed E-state index contributed by atoms with van der Waals surface area (Å²) in [6, 6.07) is 12.9. The van der Waals surface area contributed by atoms with Crippen molar-refractivity contribution in [2.75, 3.05) is 5.32 Å². The van der Waals surface area contributed by atoms with Gasteiger partial charge in [-0.3, -0.25) is 0 Å². The van der Waals surface area contributed by atoms with Crippen LogP contribution in [0.25, 0.3) is 20.7 Å². The summed E-state index contributed by atoms with van der Waals surface area (Å²) >= 11 is 8.68. The maximum absolute atomic E-state index is 11.4. The van der Waals surface area contributed by atoms with E-state index in [4.69, 9.17) is 16.7 Å². The fourth-order valence-electron chi connectivity index (χ4n) is 2.51. The molecule has 27 heavy (non-hydrogen) atoms. The van der Waals surface area contributed by atoms with Crippen LogP contribution in [0.4, 0.5) is 5.82 Å². The van der Waals surface area contributed by atoms with Gasteiger partial charge in [0.2, 0.25) is 10.0 Å². The Hall–Kier alpha value is -2.04. The number of aromatic nitrogens is 2. The molecule has 10 heteroatoms. The molecule has 0 aliphatic heterocycles. The van der Waals surface area contributed by atoms with Crippen molar-refractivity contribution in [3.8, 4) is 10.4 Å². The minimum absolute atomic E-state index is 0.147. The van der Waals surface area contributed by atoms with Crippen LogP contribution in [0.2, 0.25) is 5.02 Å². The van der Waals surface area contributed by atoms with E-state index < -0.39 is 10.0 Å². The first-order chi connectivity index (χ1) is 12.9. The van der Waals surface area contributed by atoms with Gasteiger partial charge in [-0.05, 0) is 35.9 Å². The topological polar surface area (TPSA) is 98.0 Å². The van der Waals surface area contributed by atoms with Gasteiger partial charge in [0.1, 0.15) is 16.4 Å². The lowest BCUT2D eigenvalue weighted by Gasteiger charge is -2.04. The van der Waals surface area contributed by atoms with Crippen molar-refractivity contribution in [2.45, 2.75) is 10.8 Å². The predicted octanol–water partition coefficient (Wildman–Crippen LogP) is 4.33. The summed E-state index contributed by atoms with van der Waals surface area (Å²) < 4.78 is 23.9. The van der Waals surface area contributed by atoms with Gasteiger partial charge in [-0.2, -0.15) is 0 Å². The normalized spacial score (nSPS) is 11.8. The molecule has 4 rings (SSSR count). The average molecular weight is 437 g/mol. The van der Waals surface area contributed by atoms with E-state index in [1.54, 1.807) is 17.4 Å². The summed E-state index contributed by atoms with van der Waals surface area (Å²) in [7, 11) is -3.67. The van der Waals surface area contributed by atoms with Crippen molar-refractivity contribution < 1.29 is 8.42 Å². The molecule has 3 heterocycles. The molecule has 138 valence electrons. The number of sulfonamides is 1. The van der Waals surface area contributed by atoms with Crippen LogP contribution in [0.5, 0.6) is 0 Å². The summed E-state index contributed by atoms with van der Waals surface area (Å²) in [5.41, 5.74) is 1.91. The molecule has 0 saturated heterocycles. The number of thiophene rings is 2. The first kappa shape index (κ1) is 18.3. The van der Waals surface area contributed by atoms with E-state index in [0.29, 0.717) is 17.4 Å². The van der Waals surface area contributed by atoms with Gasteiger partial charge in [0.05, 0.1) is 16.8 Å². The quantitative estimate of drug-likeness (QED) is 0.485. The lowest BCUT2D eigenvalue weighted by atomic mass is 10.2. The molecule has 0 aliphatic carbocycles. The highest BCUT2D eigenvalue weighted by molar-refractivity contribution is 7.91. The summed E-state index contributed by atoms with van der Waals surface area (Å²) in [4.78, 5) is 10.6. The van der Waals surface area contributed by atoms with Crippen LogP contribution < -0.4 is 10.5 Å². The highest BCUT2D eigenvalue weighted by Crippen LogP contribution is 2.36. The van der Waals surface area contributed by atoms with E-state index in [2.05, 4.69) is 15.3 Å². The summed E-state index contributed by atoms with van der Waals surface area (Å²) in [6.45, 7) is 0.445. The first-order valence-electron chi connectivity index (χ1n) is 7.76. The second-order valence-corrected chi connectivity index (χ2v) is 10.1. The van der Waals surface area contributed by atoms with Gasteiger partial charge in [0.15, 0.2) is 0 Å². The van der Waals surface area contributed by atoms with Crippen LogP contribution >= 0.6 is 34.3 Å². The van der Waals surface area contributed by atoms with Gasteiger partial charge in [-0.25, -0.2) is 23.5 Å². The van der Waals surface area contributed by atoms with Crippen LogP contribution in [0, 0.1) is 0 Å². The summed E-state index contributed by atoms with van der Waals surface area (Å²) in [5, 5.41) is 9.10. The van der Waals surface area contributed by atoms with Gasteiger partial charge in [0, 0.05) is 14.8 Å². The Labute approximate surface area is 168 Å². The van der Waals surface area contributed by atoms with Crippen molar-refractivity contribution in [1.29, 1.82) is 0 Å². The highest BCUT2D eigenvalue weighted by Gasteiger charge is 2.13. The van der Waals surface area contributed by atoms with E-state index in [-0.39, 0.29) is 4.21 Å². The number of anilines is 1.